The Hall–Kier alpha value is -0.0400. The van der Waals surface area contributed by atoms with E-state index < -0.39 is 0 Å². The first kappa shape index (κ1) is 13.6. The van der Waals surface area contributed by atoms with Gasteiger partial charge in [-0.2, -0.15) is 0 Å². The normalized spacial score (nSPS) is 58.6. The van der Waals surface area contributed by atoms with Gasteiger partial charge in [-0.1, -0.05) is 33.1 Å². The van der Waals surface area contributed by atoms with Crippen LogP contribution < -0.4 is 5.73 Å². The molecule has 0 spiro atoms. The van der Waals surface area contributed by atoms with Crippen LogP contribution in [0.5, 0.6) is 0 Å². The van der Waals surface area contributed by atoms with Crippen LogP contribution >= 0.6 is 0 Å². The molecule has 114 valence electrons. The molecule has 0 aromatic heterocycles. The zero-order chi connectivity index (χ0) is 14.0. The minimum absolute atomic E-state index is 0.187. The van der Waals surface area contributed by atoms with Crippen LogP contribution in [-0.4, -0.2) is 5.54 Å². The van der Waals surface area contributed by atoms with E-state index in [1.165, 1.54) is 70.6 Å². The Kier molecular flexibility index (Phi) is 2.89. The maximum Gasteiger partial charge on any atom is 0.0222 e. The number of fused-ring (bicyclic) bond motifs is 5. The van der Waals surface area contributed by atoms with Crippen LogP contribution in [0, 0.1) is 28.6 Å². The molecule has 6 atom stereocenters. The second kappa shape index (κ2) is 4.24. The fourth-order valence-electron chi connectivity index (χ4n) is 7.51. The second-order valence-electron chi connectivity index (χ2n) is 9.29. The monoisotopic (exact) mass is 275 g/mol. The molecule has 4 rings (SSSR count). The highest BCUT2D eigenvalue weighted by molar-refractivity contribution is 5.16. The second-order valence-corrected chi connectivity index (χ2v) is 9.29. The molecule has 4 fully saturated rings. The molecule has 20 heavy (non-hydrogen) atoms. The van der Waals surface area contributed by atoms with Gasteiger partial charge >= 0.3 is 0 Å². The molecule has 0 amide bonds. The van der Waals surface area contributed by atoms with E-state index in [0.717, 1.165) is 17.8 Å². The van der Waals surface area contributed by atoms with Gasteiger partial charge < -0.3 is 5.73 Å². The summed E-state index contributed by atoms with van der Waals surface area (Å²) in [5.41, 5.74) is 8.58. The molecule has 0 saturated heterocycles. The Morgan fingerprint density at radius 2 is 1.60 bits per heavy atom. The lowest BCUT2D eigenvalue weighted by Gasteiger charge is -2.64. The van der Waals surface area contributed by atoms with E-state index in [1.54, 1.807) is 0 Å². The van der Waals surface area contributed by atoms with Gasteiger partial charge in [-0.05, 0) is 80.0 Å². The van der Waals surface area contributed by atoms with Crippen LogP contribution in [0.1, 0.15) is 84.5 Å². The van der Waals surface area contributed by atoms with Gasteiger partial charge in [-0.3, -0.25) is 0 Å². The number of rotatable bonds is 0. The summed E-state index contributed by atoms with van der Waals surface area (Å²) in [7, 11) is 0. The molecule has 0 heterocycles. The SMILES string of the molecule is CC12CCCC1C1(N)CCC3CCCCC3(C)C1CC2. The third-order valence-corrected chi connectivity index (χ3v) is 8.56. The molecule has 4 aliphatic carbocycles. The van der Waals surface area contributed by atoms with Gasteiger partial charge in [0.15, 0.2) is 0 Å². The summed E-state index contributed by atoms with van der Waals surface area (Å²) in [6.45, 7) is 5.19. The van der Waals surface area contributed by atoms with E-state index in [4.69, 9.17) is 5.73 Å². The van der Waals surface area contributed by atoms with Crippen molar-refractivity contribution in [2.75, 3.05) is 0 Å². The lowest BCUT2D eigenvalue weighted by atomic mass is 9.42. The van der Waals surface area contributed by atoms with Crippen molar-refractivity contribution in [1.82, 2.24) is 0 Å². The highest BCUT2D eigenvalue weighted by Crippen LogP contribution is 2.66. The van der Waals surface area contributed by atoms with Crippen LogP contribution in [0.2, 0.25) is 0 Å². The van der Waals surface area contributed by atoms with Crippen molar-refractivity contribution in [3.05, 3.63) is 0 Å². The third kappa shape index (κ3) is 1.59. The molecule has 0 bridgehead atoms. The summed E-state index contributed by atoms with van der Waals surface area (Å²) in [5.74, 6) is 2.64. The van der Waals surface area contributed by atoms with E-state index in [2.05, 4.69) is 13.8 Å². The first-order valence-electron chi connectivity index (χ1n) is 9.28. The maximum absolute atomic E-state index is 7.23. The molecular weight excluding hydrogens is 242 g/mol. The Bertz CT molecular complexity index is 405. The Balaban J connectivity index is 1.72. The van der Waals surface area contributed by atoms with Gasteiger partial charge in [-0.15, -0.1) is 0 Å². The van der Waals surface area contributed by atoms with Gasteiger partial charge in [-0.25, -0.2) is 0 Å². The highest BCUT2D eigenvalue weighted by Gasteiger charge is 2.63. The van der Waals surface area contributed by atoms with Crippen LogP contribution in [0.25, 0.3) is 0 Å². The third-order valence-electron chi connectivity index (χ3n) is 8.56. The van der Waals surface area contributed by atoms with E-state index in [9.17, 15) is 0 Å². The average molecular weight is 275 g/mol. The van der Waals surface area contributed by atoms with E-state index in [0.29, 0.717) is 10.8 Å². The fraction of sp³-hybridized carbons (Fsp3) is 1.00. The molecule has 0 aliphatic heterocycles. The lowest BCUT2D eigenvalue weighted by Crippen LogP contribution is -2.67. The molecule has 1 heteroatoms. The molecule has 0 radical (unpaired) electrons. The zero-order valence-electron chi connectivity index (χ0n) is 13.6. The first-order valence-corrected chi connectivity index (χ1v) is 9.28. The van der Waals surface area contributed by atoms with Crippen molar-refractivity contribution in [3.8, 4) is 0 Å². The lowest BCUT2D eigenvalue weighted by molar-refractivity contribution is -0.118. The van der Waals surface area contributed by atoms with Crippen molar-refractivity contribution in [2.45, 2.75) is 90.0 Å². The summed E-state index contributed by atoms with van der Waals surface area (Å²) in [4.78, 5) is 0. The molecule has 4 aliphatic rings. The molecule has 4 saturated carbocycles. The van der Waals surface area contributed by atoms with E-state index >= 15 is 0 Å². The predicted octanol–water partition coefficient (Wildman–Crippen LogP) is 4.89. The van der Waals surface area contributed by atoms with Crippen molar-refractivity contribution in [3.63, 3.8) is 0 Å². The summed E-state index contributed by atoms with van der Waals surface area (Å²) in [6.07, 6.45) is 15.8. The Morgan fingerprint density at radius 3 is 2.45 bits per heavy atom. The molecule has 6 unspecified atom stereocenters. The van der Waals surface area contributed by atoms with Crippen molar-refractivity contribution < 1.29 is 0 Å². The summed E-state index contributed by atoms with van der Waals surface area (Å²) in [5, 5.41) is 0. The number of hydrogen-bond donors (Lipinski definition) is 1. The minimum atomic E-state index is 0.187. The van der Waals surface area contributed by atoms with Crippen LogP contribution in [0.3, 0.4) is 0 Å². The maximum atomic E-state index is 7.23. The topological polar surface area (TPSA) is 26.0 Å². The zero-order valence-corrected chi connectivity index (χ0v) is 13.6. The van der Waals surface area contributed by atoms with Gasteiger partial charge in [0.25, 0.3) is 0 Å². The smallest absolute Gasteiger partial charge is 0.0222 e. The first-order chi connectivity index (χ1) is 9.49. The number of nitrogens with two attached hydrogens (primary N) is 1. The van der Waals surface area contributed by atoms with Crippen LogP contribution in [0.4, 0.5) is 0 Å². The standard InChI is InChI=1S/C19H33N/c1-17-10-5-7-15(17)19(20)13-8-14-6-3-4-11-18(14,2)16(19)9-12-17/h14-16H,3-13,20H2,1-2H3. The van der Waals surface area contributed by atoms with Gasteiger partial charge in [0.05, 0.1) is 0 Å². The summed E-state index contributed by atoms with van der Waals surface area (Å²) in [6, 6.07) is 0. The molecule has 1 nitrogen and oxygen atoms in total. The van der Waals surface area contributed by atoms with Crippen LogP contribution in [0.15, 0.2) is 0 Å². The van der Waals surface area contributed by atoms with Crippen LogP contribution in [-0.2, 0) is 0 Å². The predicted molar refractivity (Wildman–Crippen MR) is 84.4 cm³/mol. The average Bonchev–Trinajstić information content (AvgIpc) is 2.81. The fourth-order valence-corrected chi connectivity index (χ4v) is 7.51. The van der Waals surface area contributed by atoms with Crippen molar-refractivity contribution >= 4 is 0 Å². The van der Waals surface area contributed by atoms with Crippen molar-refractivity contribution in [2.24, 2.45) is 34.3 Å². The van der Waals surface area contributed by atoms with Gasteiger partial charge in [0.1, 0.15) is 0 Å². The molecular formula is C19H33N. The van der Waals surface area contributed by atoms with Crippen molar-refractivity contribution in [1.29, 1.82) is 0 Å². The summed E-state index contributed by atoms with van der Waals surface area (Å²) >= 11 is 0. The molecule has 0 aromatic carbocycles. The molecule has 0 aromatic rings. The van der Waals surface area contributed by atoms with Gasteiger partial charge in [0.2, 0.25) is 0 Å². The highest BCUT2D eigenvalue weighted by atomic mass is 14.9. The Morgan fingerprint density at radius 1 is 0.750 bits per heavy atom. The minimum Gasteiger partial charge on any atom is -0.325 e. The number of hydrogen-bond acceptors (Lipinski definition) is 1. The Labute approximate surface area is 125 Å². The quantitative estimate of drug-likeness (QED) is 0.669. The molecule has 2 N–H and O–H groups in total. The summed E-state index contributed by atoms with van der Waals surface area (Å²) < 4.78 is 0. The largest absolute Gasteiger partial charge is 0.325 e. The van der Waals surface area contributed by atoms with E-state index in [1.807, 2.05) is 0 Å². The van der Waals surface area contributed by atoms with Gasteiger partial charge in [0, 0.05) is 5.54 Å². The van der Waals surface area contributed by atoms with E-state index in [-0.39, 0.29) is 5.54 Å².